The number of rotatable bonds is 7. The zero-order valence-corrected chi connectivity index (χ0v) is 18.9. The van der Waals surface area contributed by atoms with Crippen LogP contribution >= 0.6 is 28.1 Å². The van der Waals surface area contributed by atoms with Crippen LogP contribution in [0.4, 0.5) is 0 Å². The van der Waals surface area contributed by atoms with E-state index < -0.39 is 0 Å². The van der Waals surface area contributed by atoms with Gasteiger partial charge in [-0.1, -0.05) is 35.9 Å². The molecule has 3 rings (SSSR count). The lowest BCUT2D eigenvalue weighted by molar-refractivity contribution is -0.121. The number of benzene rings is 2. The van der Waals surface area contributed by atoms with Crippen LogP contribution < -0.4 is 10.1 Å². The van der Waals surface area contributed by atoms with Crippen molar-refractivity contribution in [1.82, 2.24) is 20.1 Å². The van der Waals surface area contributed by atoms with Crippen molar-refractivity contribution in [2.24, 2.45) is 0 Å². The molecule has 0 radical (unpaired) electrons. The van der Waals surface area contributed by atoms with Gasteiger partial charge in [0.1, 0.15) is 5.75 Å². The van der Waals surface area contributed by atoms with Gasteiger partial charge in [0.25, 0.3) is 0 Å². The van der Waals surface area contributed by atoms with Crippen LogP contribution in [0.1, 0.15) is 30.5 Å². The van der Waals surface area contributed by atoms with Crippen molar-refractivity contribution in [3.63, 3.8) is 0 Å². The number of halogens is 1. The molecule has 3 aromatic rings. The lowest BCUT2D eigenvalue weighted by Gasteiger charge is -2.16. The molecule has 0 saturated heterocycles. The summed E-state index contributed by atoms with van der Waals surface area (Å²) < 4.78 is 8.46. The third-order valence-corrected chi connectivity index (χ3v) is 5.62. The minimum Gasteiger partial charge on any atom is -0.496 e. The first-order valence-electron chi connectivity index (χ1n) is 9.24. The molecule has 0 spiro atoms. The van der Waals surface area contributed by atoms with Crippen LogP contribution in [0.2, 0.25) is 0 Å². The molecule has 0 saturated carbocycles. The average molecular weight is 475 g/mol. The molecule has 1 heterocycles. The maximum absolute atomic E-state index is 12.5. The highest BCUT2D eigenvalue weighted by Crippen LogP contribution is 2.28. The molecule has 29 heavy (non-hydrogen) atoms. The minimum atomic E-state index is -0.126. The number of carbonyl (C=O) groups is 1. The van der Waals surface area contributed by atoms with E-state index in [1.54, 1.807) is 7.11 Å². The van der Waals surface area contributed by atoms with Gasteiger partial charge in [0.15, 0.2) is 10.6 Å². The summed E-state index contributed by atoms with van der Waals surface area (Å²) >= 11 is 8.83. The Morgan fingerprint density at radius 1 is 1.31 bits per heavy atom. The van der Waals surface area contributed by atoms with E-state index in [9.17, 15) is 4.79 Å². The van der Waals surface area contributed by atoms with Crippen LogP contribution in [0.15, 0.2) is 46.9 Å². The largest absolute Gasteiger partial charge is 0.496 e. The van der Waals surface area contributed by atoms with E-state index in [1.807, 2.05) is 60.9 Å². The van der Waals surface area contributed by atoms with E-state index in [0.717, 1.165) is 27.2 Å². The fourth-order valence-corrected chi connectivity index (χ4v) is 3.79. The predicted octanol–water partition coefficient (Wildman–Crippen LogP) is 4.95. The van der Waals surface area contributed by atoms with Crippen LogP contribution in [-0.4, -0.2) is 27.8 Å². The summed E-state index contributed by atoms with van der Waals surface area (Å²) in [6.45, 7) is 4.44. The van der Waals surface area contributed by atoms with Gasteiger partial charge in [0, 0.05) is 18.5 Å². The zero-order valence-electron chi connectivity index (χ0n) is 16.5. The van der Waals surface area contributed by atoms with E-state index >= 15 is 0 Å². The van der Waals surface area contributed by atoms with Gasteiger partial charge >= 0.3 is 0 Å². The molecule has 2 N–H and O–H groups in total. The average Bonchev–Trinajstić information content (AvgIpc) is 3.07. The summed E-state index contributed by atoms with van der Waals surface area (Å²) in [5.74, 6) is 1.43. The molecule has 1 amide bonds. The Bertz CT molecular complexity index is 1060. The third kappa shape index (κ3) is 5.13. The molecule has 6 nitrogen and oxygen atoms in total. The van der Waals surface area contributed by atoms with Gasteiger partial charge in [0.05, 0.1) is 17.6 Å². The van der Waals surface area contributed by atoms with Gasteiger partial charge < -0.3 is 10.1 Å². The molecule has 0 aliphatic carbocycles. The highest BCUT2D eigenvalue weighted by Gasteiger charge is 2.14. The Morgan fingerprint density at radius 3 is 2.69 bits per heavy atom. The molecule has 0 fully saturated rings. The Labute approximate surface area is 183 Å². The summed E-state index contributed by atoms with van der Waals surface area (Å²) in [6.07, 6.45) is 0.300. The van der Waals surface area contributed by atoms with Crippen molar-refractivity contribution in [3.05, 3.63) is 62.8 Å². The number of ether oxygens (including phenoxy) is 1. The Hall–Kier alpha value is -2.45. The minimum absolute atomic E-state index is 0.0533. The summed E-state index contributed by atoms with van der Waals surface area (Å²) in [7, 11) is 1.62. The van der Waals surface area contributed by atoms with Crippen molar-refractivity contribution >= 4 is 34.1 Å². The van der Waals surface area contributed by atoms with Gasteiger partial charge in [0.2, 0.25) is 5.91 Å². The second-order valence-electron chi connectivity index (χ2n) is 6.80. The van der Waals surface area contributed by atoms with E-state index in [-0.39, 0.29) is 11.9 Å². The third-order valence-electron chi connectivity index (χ3n) is 4.68. The Kier molecular flexibility index (Phi) is 6.87. The number of hydrogen-bond acceptors (Lipinski definition) is 4. The van der Waals surface area contributed by atoms with Crippen molar-refractivity contribution < 1.29 is 9.53 Å². The number of methoxy groups -OCH3 is 1. The fraction of sp³-hybridized carbons (Fsp3) is 0.286. The molecular weight excluding hydrogens is 452 g/mol. The molecule has 8 heteroatoms. The van der Waals surface area contributed by atoms with Gasteiger partial charge in [-0.05, 0) is 59.7 Å². The number of amides is 1. The lowest BCUT2D eigenvalue weighted by Crippen LogP contribution is -2.27. The number of nitrogens with zero attached hydrogens (tertiary/aromatic N) is 2. The van der Waals surface area contributed by atoms with Crippen LogP contribution in [0.5, 0.6) is 5.75 Å². The summed E-state index contributed by atoms with van der Waals surface area (Å²) in [5.41, 5.74) is 3.12. The molecule has 0 aliphatic rings. The molecule has 1 unspecified atom stereocenters. The number of carbonyl (C=O) groups excluding carboxylic acids is 1. The highest BCUT2D eigenvalue weighted by molar-refractivity contribution is 9.10. The SMILES string of the molecule is COc1ccc(C(C)NC(=O)CCn2c(-c3ccc(C)cc3)n[nH]c2=S)cc1Br. The van der Waals surface area contributed by atoms with Gasteiger partial charge in [-0.15, -0.1) is 0 Å². The molecule has 1 aromatic heterocycles. The first-order chi connectivity index (χ1) is 13.9. The maximum Gasteiger partial charge on any atom is 0.222 e. The quantitative estimate of drug-likeness (QED) is 0.474. The molecule has 0 bridgehead atoms. The number of aromatic nitrogens is 3. The Morgan fingerprint density at radius 2 is 2.03 bits per heavy atom. The first-order valence-corrected chi connectivity index (χ1v) is 10.4. The second-order valence-corrected chi connectivity index (χ2v) is 8.04. The topological polar surface area (TPSA) is 71.9 Å². The predicted molar refractivity (Wildman–Crippen MR) is 119 cm³/mol. The fourth-order valence-electron chi connectivity index (χ4n) is 3.01. The summed E-state index contributed by atoms with van der Waals surface area (Å²) in [6, 6.07) is 13.7. The van der Waals surface area contributed by atoms with Gasteiger partial charge in [-0.3, -0.25) is 14.5 Å². The monoisotopic (exact) mass is 474 g/mol. The number of hydrogen-bond donors (Lipinski definition) is 2. The van der Waals surface area contributed by atoms with Crippen LogP contribution in [0.25, 0.3) is 11.4 Å². The number of H-pyrrole nitrogens is 1. The van der Waals surface area contributed by atoms with Gasteiger partial charge in [-0.25, -0.2) is 0 Å². The van der Waals surface area contributed by atoms with Crippen LogP contribution in [0.3, 0.4) is 0 Å². The van der Waals surface area contributed by atoms with Gasteiger partial charge in [-0.2, -0.15) is 5.10 Å². The smallest absolute Gasteiger partial charge is 0.222 e. The first kappa shape index (κ1) is 21.3. The van der Waals surface area contributed by atoms with E-state index in [2.05, 4.69) is 31.4 Å². The van der Waals surface area contributed by atoms with Crippen molar-refractivity contribution in [2.75, 3.05) is 7.11 Å². The zero-order chi connectivity index (χ0) is 21.0. The summed E-state index contributed by atoms with van der Waals surface area (Å²) in [5, 5.41) is 10.2. The Balaban J connectivity index is 1.65. The maximum atomic E-state index is 12.5. The second kappa shape index (κ2) is 9.37. The van der Waals surface area contributed by atoms with Crippen molar-refractivity contribution in [1.29, 1.82) is 0 Å². The normalized spacial score (nSPS) is 11.9. The summed E-state index contributed by atoms with van der Waals surface area (Å²) in [4.78, 5) is 12.5. The standard InChI is InChI=1S/C21H23BrN4O2S/c1-13-4-6-15(7-5-13)20-24-25-21(29)26(20)11-10-19(27)23-14(2)16-8-9-18(28-3)17(22)12-16/h4-9,12,14H,10-11H2,1-3H3,(H,23,27)(H,25,29). The highest BCUT2D eigenvalue weighted by atomic mass is 79.9. The van der Waals surface area contributed by atoms with Crippen LogP contribution in [0, 0.1) is 11.7 Å². The van der Waals surface area contributed by atoms with E-state index in [4.69, 9.17) is 17.0 Å². The molecule has 1 atom stereocenters. The molecule has 152 valence electrons. The number of aromatic amines is 1. The number of aryl methyl sites for hydroxylation is 1. The van der Waals surface area contributed by atoms with E-state index in [1.165, 1.54) is 5.56 Å². The lowest BCUT2D eigenvalue weighted by atomic mass is 10.1. The molecule has 0 aliphatic heterocycles. The van der Waals surface area contributed by atoms with Crippen molar-refractivity contribution in [3.8, 4) is 17.1 Å². The van der Waals surface area contributed by atoms with Crippen molar-refractivity contribution in [2.45, 2.75) is 32.9 Å². The molecular formula is C21H23BrN4O2S. The van der Waals surface area contributed by atoms with Crippen LogP contribution in [-0.2, 0) is 11.3 Å². The molecule has 2 aromatic carbocycles. The number of nitrogens with one attached hydrogen (secondary N) is 2. The van der Waals surface area contributed by atoms with E-state index in [0.29, 0.717) is 17.7 Å².